The lowest BCUT2D eigenvalue weighted by Gasteiger charge is -2.09. The fourth-order valence-corrected chi connectivity index (χ4v) is 2.18. The van der Waals surface area contributed by atoms with Crippen LogP contribution in [0.1, 0.15) is 5.56 Å². The van der Waals surface area contributed by atoms with Gasteiger partial charge in [0.05, 0.1) is 0 Å². The second-order valence-corrected chi connectivity index (χ2v) is 4.79. The third-order valence-electron chi connectivity index (χ3n) is 2.93. The number of alkyl halides is 2. The van der Waals surface area contributed by atoms with E-state index < -0.39 is 12.1 Å². The highest BCUT2D eigenvalue weighted by Crippen LogP contribution is 2.42. The molecule has 21 heavy (non-hydrogen) atoms. The third-order valence-corrected chi connectivity index (χ3v) is 3.29. The topological polar surface area (TPSA) is 30.5 Å². The molecular formula is C14H9ClF3NO2. The van der Waals surface area contributed by atoms with Crippen LogP contribution < -0.4 is 14.8 Å². The SMILES string of the molecule is Fc1cccc(Cl)c1CNc1ccc2c(c1)OC(F)(F)O2. The molecule has 110 valence electrons. The molecule has 0 fully saturated rings. The van der Waals surface area contributed by atoms with Gasteiger partial charge in [-0.1, -0.05) is 17.7 Å². The number of anilines is 1. The molecule has 2 aromatic carbocycles. The van der Waals surface area contributed by atoms with Gasteiger partial charge in [-0.25, -0.2) is 4.39 Å². The Morgan fingerprint density at radius 2 is 1.86 bits per heavy atom. The summed E-state index contributed by atoms with van der Waals surface area (Å²) in [6, 6.07) is 8.60. The Labute approximate surface area is 123 Å². The second-order valence-electron chi connectivity index (χ2n) is 4.38. The first-order chi connectivity index (χ1) is 9.94. The van der Waals surface area contributed by atoms with Crippen molar-refractivity contribution in [3.05, 3.63) is 52.8 Å². The molecule has 0 aliphatic carbocycles. The van der Waals surface area contributed by atoms with Crippen molar-refractivity contribution in [1.82, 2.24) is 0 Å². The summed E-state index contributed by atoms with van der Waals surface area (Å²) in [7, 11) is 0. The average Bonchev–Trinajstić information content (AvgIpc) is 2.71. The van der Waals surface area contributed by atoms with E-state index in [9.17, 15) is 13.2 Å². The van der Waals surface area contributed by atoms with Crippen LogP contribution in [0.25, 0.3) is 0 Å². The number of rotatable bonds is 3. The Balaban J connectivity index is 1.76. The quantitative estimate of drug-likeness (QED) is 0.910. The largest absolute Gasteiger partial charge is 0.586 e. The van der Waals surface area contributed by atoms with E-state index in [1.807, 2.05) is 0 Å². The van der Waals surface area contributed by atoms with E-state index in [-0.39, 0.29) is 23.1 Å². The number of ether oxygens (including phenoxy) is 2. The molecule has 0 unspecified atom stereocenters. The van der Waals surface area contributed by atoms with Gasteiger partial charge in [0.15, 0.2) is 11.5 Å². The van der Waals surface area contributed by atoms with Crippen LogP contribution in [-0.2, 0) is 6.54 Å². The van der Waals surface area contributed by atoms with Crippen LogP contribution in [0.3, 0.4) is 0 Å². The summed E-state index contributed by atoms with van der Waals surface area (Å²) in [4.78, 5) is 0. The van der Waals surface area contributed by atoms with Crippen LogP contribution in [0, 0.1) is 5.82 Å². The van der Waals surface area contributed by atoms with Gasteiger partial charge >= 0.3 is 6.29 Å². The fraction of sp³-hybridized carbons (Fsp3) is 0.143. The van der Waals surface area contributed by atoms with E-state index in [1.54, 1.807) is 6.07 Å². The van der Waals surface area contributed by atoms with Crippen LogP contribution in [0.5, 0.6) is 11.5 Å². The number of fused-ring (bicyclic) bond motifs is 1. The Morgan fingerprint density at radius 3 is 2.62 bits per heavy atom. The van der Waals surface area contributed by atoms with E-state index in [4.69, 9.17) is 11.6 Å². The van der Waals surface area contributed by atoms with Gasteiger partial charge in [0, 0.05) is 28.9 Å². The minimum Gasteiger partial charge on any atom is -0.395 e. The number of benzene rings is 2. The van der Waals surface area contributed by atoms with Gasteiger partial charge in [0.25, 0.3) is 0 Å². The lowest BCUT2D eigenvalue weighted by Crippen LogP contribution is -2.25. The number of hydrogen-bond acceptors (Lipinski definition) is 3. The molecule has 0 amide bonds. The molecule has 3 nitrogen and oxygen atoms in total. The molecule has 0 aromatic heterocycles. The van der Waals surface area contributed by atoms with Crippen LogP contribution in [0.15, 0.2) is 36.4 Å². The van der Waals surface area contributed by atoms with Crippen molar-refractivity contribution in [2.75, 3.05) is 5.32 Å². The minimum atomic E-state index is -3.66. The first kappa shape index (κ1) is 13.9. The van der Waals surface area contributed by atoms with E-state index in [1.165, 1.54) is 30.3 Å². The van der Waals surface area contributed by atoms with Gasteiger partial charge in [-0.2, -0.15) is 0 Å². The zero-order valence-electron chi connectivity index (χ0n) is 10.5. The van der Waals surface area contributed by atoms with E-state index in [2.05, 4.69) is 14.8 Å². The minimum absolute atomic E-state index is 0.0468. The molecular weight excluding hydrogens is 307 g/mol. The van der Waals surface area contributed by atoms with Crippen molar-refractivity contribution >= 4 is 17.3 Å². The maximum absolute atomic E-state index is 13.6. The van der Waals surface area contributed by atoms with E-state index >= 15 is 0 Å². The van der Waals surface area contributed by atoms with Crippen LogP contribution in [-0.4, -0.2) is 6.29 Å². The molecule has 1 aliphatic heterocycles. The van der Waals surface area contributed by atoms with Gasteiger partial charge < -0.3 is 14.8 Å². The molecule has 0 radical (unpaired) electrons. The zero-order chi connectivity index (χ0) is 15.0. The van der Waals surface area contributed by atoms with Crippen LogP contribution in [0.2, 0.25) is 5.02 Å². The highest BCUT2D eigenvalue weighted by molar-refractivity contribution is 6.31. The Kier molecular flexibility index (Phi) is 3.33. The van der Waals surface area contributed by atoms with Crippen LogP contribution >= 0.6 is 11.6 Å². The fourth-order valence-electron chi connectivity index (χ4n) is 1.95. The molecule has 0 atom stereocenters. The summed E-state index contributed by atoms with van der Waals surface area (Å²) in [6.07, 6.45) is -3.66. The van der Waals surface area contributed by atoms with Gasteiger partial charge in [0.2, 0.25) is 0 Å². The summed E-state index contributed by atoms with van der Waals surface area (Å²) in [5, 5.41) is 3.18. The monoisotopic (exact) mass is 315 g/mol. The second kappa shape index (κ2) is 5.04. The Morgan fingerprint density at radius 1 is 1.10 bits per heavy atom. The zero-order valence-corrected chi connectivity index (χ0v) is 11.3. The van der Waals surface area contributed by atoms with Crippen molar-refractivity contribution in [2.24, 2.45) is 0 Å². The summed E-state index contributed by atoms with van der Waals surface area (Å²) < 4.78 is 48.0. The maximum atomic E-state index is 13.6. The Hall–Kier alpha value is -2.08. The average molecular weight is 316 g/mol. The summed E-state index contributed by atoms with van der Waals surface area (Å²) in [5.41, 5.74) is 0.775. The predicted molar refractivity (Wildman–Crippen MR) is 71.4 cm³/mol. The molecule has 0 spiro atoms. The smallest absolute Gasteiger partial charge is 0.395 e. The van der Waals surface area contributed by atoms with Crippen molar-refractivity contribution in [1.29, 1.82) is 0 Å². The molecule has 0 saturated carbocycles. The first-order valence-electron chi connectivity index (χ1n) is 6.01. The molecule has 1 N–H and O–H groups in total. The number of hydrogen-bond donors (Lipinski definition) is 1. The third kappa shape index (κ3) is 2.85. The van der Waals surface area contributed by atoms with E-state index in [0.29, 0.717) is 11.3 Å². The molecule has 1 aliphatic rings. The molecule has 1 heterocycles. The number of halogens is 4. The maximum Gasteiger partial charge on any atom is 0.586 e. The first-order valence-corrected chi connectivity index (χ1v) is 6.39. The lowest BCUT2D eigenvalue weighted by atomic mass is 10.2. The molecule has 3 rings (SSSR count). The predicted octanol–water partition coefficient (Wildman–Crippen LogP) is 4.41. The Bertz CT molecular complexity index is 674. The summed E-state index contributed by atoms with van der Waals surface area (Å²) in [6.45, 7) is 0.113. The van der Waals surface area contributed by atoms with Gasteiger partial charge in [-0.3, -0.25) is 0 Å². The number of nitrogens with one attached hydrogen (secondary N) is 1. The van der Waals surface area contributed by atoms with Crippen LogP contribution in [0.4, 0.5) is 18.9 Å². The standard InChI is InChI=1S/C14H9ClF3NO2/c15-10-2-1-3-11(16)9(10)7-19-8-4-5-12-13(6-8)21-14(17,18)20-12/h1-6,19H,7H2. The van der Waals surface area contributed by atoms with Gasteiger partial charge in [-0.05, 0) is 24.3 Å². The highest BCUT2D eigenvalue weighted by atomic mass is 35.5. The molecule has 2 aromatic rings. The van der Waals surface area contributed by atoms with Crippen molar-refractivity contribution < 1.29 is 22.6 Å². The highest BCUT2D eigenvalue weighted by Gasteiger charge is 2.43. The van der Waals surface area contributed by atoms with E-state index in [0.717, 1.165) is 0 Å². The van der Waals surface area contributed by atoms with Crippen molar-refractivity contribution in [3.63, 3.8) is 0 Å². The van der Waals surface area contributed by atoms with Crippen molar-refractivity contribution in [2.45, 2.75) is 12.8 Å². The summed E-state index contributed by atoms with van der Waals surface area (Å²) >= 11 is 5.90. The van der Waals surface area contributed by atoms with Crippen molar-refractivity contribution in [3.8, 4) is 11.5 Å². The molecule has 0 bridgehead atoms. The molecule has 0 saturated heterocycles. The van der Waals surface area contributed by atoms with Gasteiger partial charge in [0.1, 0.15) is 5.82 Å². The lowest BCUT2D eigenvalue weighted by molar-refractivity contribution is -0.286. The normalized spacial score (nSPS) is 15.0. The molecule has 7 heteroatoms. The summed E-state index contributed by atoms with van der Waals surface area (Å²) in [5.74, 6) is -0.568. The van der Waals surface area contributed by atoms with Gasteiger partial charge in [-0.15, -0.1) is 8.78 Å².